The Kier molecular flexibility index (Phi) is 4.14. The van der Waals surface area contributed by atoms with Crippen LogP contribution in [0.15, 0.2) is 77.7 Å². The van der Waals surface area contributed by atoms with Crippen LogP contribution in [0.4, 0.5) is 0 Å². The topological polar surface area (TPSA) is 52.3 Å². The van der Waals surface area contributed by atoms with Gasteiger partial charge in [-0.15, -0.1) is 0 Å². The molecule has 0 amide bonds. The summed E-state index contributed by atoms with van der Waals surface area (Å²) in [4.78, 5) is 16.2. The van der Waals surface area contributed by atoms with Crippen molar-refractivity contribution in [3.63, 3.8) is 0 Å². The van der Waals surface area contributed by atoms with Crippen LogP contribution in [0.5, 0.6) is 5.75 Å². The van der Waals surface area contributed by atoms with E-state index in [4.69, 9.17) is 14.1 Å². The minimum absolute atomic E-state index is 0.446. The van der Waals surface area contributed by atoms with E-state index in [0.29, 0.717) is 11.6 Å². The van der Waals surface area contributed by atoms with Crippen molar-refractivity contribution in [2.45, 2.75) is 13.8 Å². The van der Waals surface area contributed by atoms with Gasteiger partial charge in [0.25, 0.3) is 0 Å². The highest BCUT2D eigenvalue weighted by Gasteiger charge is 2.16. The molecular weight excluding hydrogens is 374 g/mol. The molecule has 0 spiro atoms. The lowest BCUT2D eigenvalue weighted by Gasteiger charge is -2.07. The molecule has 1 aromatic heterocycles. The summed E-state index contributed by atoms with van der Waals surface area (Å²) in [5, 5.41) is 4.45. The smallest absolute Gasteiger partial charge is 0.335 e. The quantitative estimate of drug-likeness (QED) is 0.152. The first-order chi connectivity index (χ1) is 14.5. The maximum Gasteiger partial charge on any atom is 0.335 e. The molecule has 0 unspecified atom stereocenters. The Morgan fingerprint density at radius 2 is 1.53 bits per heavy atom. The number of hydrogen-bond acceptors (Lipinski definition) is 4. The third kappa shape index (κ3) is 2.94. The van der Waals surface area contributed by atoms with Gasteiger partial charge < -0.3 is 9.15 Å². The summed E-state index contributed by atoms with van der Waals surface area (Å²) in [5.41, 5.74) is 4.84. The molecule has 30 heavy (non-hydrogen) atoms. The number of fused-ring (bicyclic) bond motifs is 6. The molecule has 0 bridgehead atoms. The number of aryl methyl sites for hydroxylation is 2. The first kappa shape index (κ1) is 18.1. The van der Waals surface area contributed by atoms with Gasteiger partial charge in [-0.25, -0.2) is 9.78 Å². The van der Waals surface area contributed by atoms with E-state index in [9.17, 15) is 4.79 Å². The highest BCUT2D eigenvalue weighted by molar-refractivity contribution is 6.23. The summed E-state index contributed by atoms with van der Waals surface area (Å²) in [6, 6.07) is 19.9. The van der Waals surface area contributed by atoms with E-state index in [1.54, 1.807) is 12.1 Å². The van der Waals surface area contributed by atoms with Crippen molar-refractivity contribution in [3.05, 3.63) is 84.4 Å². The monoisotopic (exact) mass is 393 g/mol. The zero-order valence-electron chi connectivity index (χ0n) is 16.7. The molecule has 0 atom stereocenters. The molecule has 5 aromatic rings. The zero-order chi connectivity index (χ0) is 20.8. The van der Waals surface area contributed by atoms with Crippen molar-refractivity contribution < 1.29 is 13.9 Å². The third-order valence-corrected chi connectivity index (χ3v) is 5.25. The molecule has 0 aliphatic carbocycles. The van der Waals surface area contributed by atoms with Gasteiger partial charge in [0, 0.05) is 22.4 Å². The van der Waals surface area contributed by atoms with E-state index in [-0.39, 0.29) is 0 Å². The van der Waals surface area contributed by atoms with E-state index >= 15 is 0 Å². The normalized spacial score (nSPS) is 11.3. The van der Waals surface area contributed by atoms with Crippen LogP contribution in [0.1, 0.15) is 11.1 Å². The summed E-state index contributed by atoms with van der Waals surface area (Å²) >= 11 is 0. The number of ether oxygens (including phenoxy) is 1. The van der Waals surface area contributed by atoms with Crippen molar-refractivity contribution in [2.75, 3.05) is 0 Å². The lowest BCUT2D eigenvalue weighted by atomic mass is 9.97. The third-order valence-electron chi connectivity index (χ3n) is 5.25. The fraction of sp³-hybridized carbons (Fsp3) is 0.0769. The summed E-state index contributed by atoms with van der Waals surface area (Å²) < 4.78 is 11.4. The lowest BCUT2D eigenvalue weighted by molar-refractivity contribution is -0.128. The Bertz CT molecular complexity index is 1380. The molecular formula is C26H19NO3. The van der Waals surface area contributed by atoms with Gasteiger partial charge in [-0.2, -0.15) is 0 Å². The van der Waals surface area contributed by atoms with Gasteiger partial charge in [0.1, 0.15) is 11.3 Å². The maximum absolute atomic E-state index is 11.4. The molecule has 0 saturated heterocycles. The van der Waals surface area contributed by atoms with Gasteiger partial charge >= 0.3 is 5.97 Å². The molecule has 5 rings (SSSR count). The fourth-order valence-corrected chi connectivity index (χ4v) is 3.80. The molecule has 0 fully saturated rings. The molecule has 1 heterocycles. The van der Waals surface area contributed by atoms with Crippen LogP contribution in [0, 0.1) is 13.8 Å². The van der Waals surface area contributed by atoms with Crippen molar-refractivity contribution >= 4 is 38.6 Å². The molecule has 0 aliphatic heterocycles. The first-order valence-electron chi connectivity index (χ1n) is 9.71. The number of hydrogen-bond donors (Lipinski definition) is 0. The summed E-state index contributed by atoms with van der Waals surface area (Å²) in [7, 11) is 0. The fourth-order valence-electron chi connectivity index (χ4n) is 3.80. The summed E-state index contributed by atoms with van der Waals surface area (Å²) in [6.07, 6.45) is 1.13. The van der Waals surface area contributed by atoms with Crippen LogP contribution >= 0.6 is 0 Å². The average Bonchev–Trinajstić information content (AvgIpc) is 3.19. The number of benzene rings is 4. The zero-order valence-corrected chi connectivity index (χ0v) is 16.7. The van der Waals surface area contributed by atoms with Crippen molar-refractivity contribution in [3.8, 4) is 17.2 Å². The number of carbonyl (C=O) groups excluding carboxylic acids is 1. The van der Waals surface area contributed by atoms with Crippen LogP contribution in [0.2, 0.25) is 0 Å². The average molecular weight is 393 g/mol. The van der Waals surface area contributed by atoms with Crippen LogP contribution in [-0.4, -0.2) is 11.0 Å². The lowest BCUT2D eigenvalue weighted by Crippen LogP contribution is -2.02. The van der Waals surface area contributed by atoms with Gasteiger partial charge in [-0.05, 0) is 48.9 Å². The van der Waals surface area contributed by atoms with E-state index in [1.807, 2.05) is 12.1 Å². The van der Waals surface area contributed by atoms with Crippen molar-refractivity contribution in [2.24, 2.45) is 0 Å². The number of aromatic nitrogens is 1. The maximum atomic E-state index is 11.4. The first-order valence-corrected chi connectivity index (χ1v) is 9.71. The van der Waals surface area contributed by atoms with E-state index < -0.39 is 5.97 Å². The number of nitrogens with zero attached hydrogens (tertiary/aromatic N) is 1. The number of rotatable bonds is 3. The second-order valence-corrected chi connectivity index (χ2v) is 7.44. The Labute approximate surface area is 173 Å². The molecule has 0 saturated carbocycles. The molecule has 4 heteroatoms. The standard InChI is InChI=1S/C26H19NO3/c1-4-23(28)29-18-9-7-17(8-10-18)26-27-24-19-11-5-15(2)13-21(19)22-14-16(3)6-12-20(22)25(24)30-26/h4-14H,1H2,2-3H3. The SMILES string of the molecule is C=CC(=O)Oc1ccc(-c2nc3c4ccc(C)cc4c4cc(C)ccc4c3o2)cc1. The molecule has 0 N–H and O–H groups in total. The highest BCUT2D eigenvalue weighted by Crippen LogP contribution is 2.38. The van der Waals surface area contributed by atoms with Crippen LogP contribution in [0.25, 0.3) is 44.1 Å². The van der Waals surface area contributed by atoms with Gasteiger partial charge in [-0.1, -0.05) is 54.1 Å². The minimum Gasteiger partial charge on any atom is -0.435 e. The van der Waals surface area contributed by atoms with Gasteiger partial charge in [0.2, 0.25) is 5.89 Å². The van der Waals surface area contributed by atoms with E-state index in [0.717, 1.165) is 38.9 Å². The highest BCUT2D eigenvalue weighted by atomic mass is 16.5. The van der Waals surface area contributed by atoms with Crippen molar-refractivity contribution in [1.82, 2.24) is 4.98 Å². The molecule has 0 radical (unpaired) electrons. The predicted molar refractivity (Wildman–Crippen MR) is 120 cm³/mol. The van der Waals surface area contributed by atoms with Crippen LogP contribution in [0.3, 0.4) is 0 Å². The Morgan fingerprint density at radius 3 is 2.20 bits per heavy atom. The van der Waals surface area contributed by atoms with Gasteiger partial charge in [0.15, 0.2) is 5.58 Å². The predicted octanol–water partition coefficient (Wildman–Crippen LogP) is 6.51. The second-order valence-electron chi connectivity index (χ2n) is 7.44. The number of esters is 1. The minimum atomic E-state index is -0.492. The van der Waals surface area contributed by atoms with Gasteiger partial charge in [0.05, 0.1) is 0 Å². The molecule has 146 valence electrons. The largest absolute Gasteiger partial charge is 0.435 e. The molecule has 0 aliphatic rings. The van der Waals surface area contributed by atoms with Gasteiger partial charge in [-0.3, -0.25) is 0 Å². The van der Waals surface area contributed by atoms with Crippen LogP contribution < -0.4 is 4.74 Å². The molecule has 4 aromatic carbocycles. The Hall–Kier alpha value is -3.92. The number of carbonyl (C=O) groups is 1. The second kappa shape index (κ2) is 6.85. The van der Waals surface area contributed by atoms with Crippen molar-refractivity contribution in [1.29, 1.82) is 0 Å². The summed E-state index contributed by atoms with van der Waals surface area (Å²) in [5.74, 6) is 0.483. The van der Waals surface area contributed by atoms with E-state index in [2.05, 4.69) is 56.8 Å². The Balaban J connectivity index is 1.72. The molecule has 4 nitrogen and oxygen atoms in total. The number of oxazole rings is 1. The van der Waals surface area contributed by atoms with E-state index in [1.165, 1.54) is 16.5 Å². The van der Waals surface area contributed by atoms with Crippen LogP contribution in [-0.2, 0) is 4.79 Å². The Morgan fingerprint density at radius 1 is 0.900 bits per heavy atom. The summed E-state index contributed by atoms with van der Waals surface area (Å²) in [6.45, 7) is 7.60.